The van der Waals surface area contributed by atoms with E-state index in [0.29, 0.717) is 24.5 Å². The number of rotatable bonds is 4. The maximum Gasteiger partial charge on any atom is 0.416 e. The SMILES string of the molecule is O=C(Cc1ccc(Cl)cc1)N1CCC[C@]2(CCCN2Cc2ccc(C(F)(F)F)cc2)C1. The molecular formula is C24H26ClF3N2O. The van der Waals surface area contributed by atoms with E-state index in [1.807, 2.05) is 17.0 Å². The fourth-order valence-electron chi connectivity index (χ4n) is 4.94. The van der Waals surface area contributed by atoms with Crippen molar-refractivity contribution in [1.82, 2.24) is 9.80 Å². The van der Waals surface area contributed by atoms with Gasteiger partial charge < -0.3 is 4.90 Å². The average Bonchev–Trinajstić information content (AvgIpc) is 3.10. The lowest BCUT2D eigenvalue weighted by Crippen LogP contribution is -2.56. The molecule has 2 aromatic carbocycles. The number of nitrogens with zero attached hydrogens (tertiary/aromatic N) is 2. The first-order valence-corrected chi connectivity index (χ1v) is 11.1. The van der Waals surface area contributed by atoms with E-state index in [1.54, 1.807) is 24.3 Å². The van der Waals surface area contributed by atoms with E-state index in [2.05, 4.69) is 4.90 Å². The number of carbonyl (C=O) groups excluding carboxylic acids is 1. The number of hydrogen-bond donors (Lipinski definition) is 0. The quantitative estimate of drug-likeness (QED) is 0.609. The Kier molecular flexibility index (Phi) is 6.31. The molecule has 0 aromatic heterocycles. The molecule has 3 nitrogen and oxygen atoms in total. The first-order valence-electron chi connectivity index (χ1n) is 10.7. The second-order valence-electron chi connectivity index (χ2n) is 8.67. The maximum absolute atomic E-state index is 13.0. The Labute approximate surface area is 185 Å². The first-order chi connectivity index (χ1) is 14.7. The second kappa shape index (κ2) is 8.83. The summed E-state index contributed by atoms with van der Waals surface area (Å²) in [6.07, 6.45) is 0.0420. The number of alkyl halides is 3. The highest BCUT2D eigenvalue weighted by atomic mass is 35.5. The zero-order chi connectivity index (χ0) is 22.1. The molecular weight excluding hydrogens is 425 g/mol. The molecule has 31 heavy (non-hydrogen) atoms. The van der Waals surface area contributed by atoms with E-state index in [1.165, 1.54) is 0 Å². The molecule has 2 fully saturated rings. The van der Waals surface area contributed by atoms with E-state index < -0.39 is 11.7 Å². The van der Waals surface area contributed by atoms with Gasteiger partial charge in [0.05, 0.1) is 12.0 Å². The Morgan fingerprint density at radius 3 is 2.19 bits per heavy atom. The second-order valence-corrected chi connectivity index (χ2v) is 9.10. The molecule has 1 spiro atoms. The standard InChI is InChI=1S/C24H26ClF3N2O/c25-21-9-5-18(6-10-21)15-22(31)29-13-1-11-23(17-29)12-2-14-30(23)16-19-3-7-20(8-4-19)24(26,27)28/h3-10H,1-2,11-17H2/t23-/m0/s1. The van der Waals surface area contributed by atoms with Gasteiger partial charge in [0, 0.05) is 30.2 Å². The van der Waals surface area contributed by atoms with Crippen molar-refractivity contribution in [2.45, 2.75) is 50.4 Å². The molecule has 0 bridgehead atoms. The summed E-state index contributed by atoms with van der Waals surface area (Å²) in [5, 5.41) is 0.651. The fraction of sp³-hybridized carbons (Fsp3) is 0.458. The maximum atomic E-state index is 13.0. The minimum Gasteiger partial charge on any atom is -0.341 e. The van der Waals surface area contributed by atoms with Crippen molar-refractivity contribution in [1.29, 1.82) is 0 Å². The minimum absolute atomic E-state index is 0.0867. The molecule has 7 heteroatoms. The zero-order valence-corrected chi connectivity index (χ0v) is 18.1. The van der Waals surface area contributed by atoms with Crippen LogP contribution in [-0.4, -0.2) is 40.9 Å². The van der Waals surface area contributed by atoms with Crippen LogP contribution in [0.15, 0.2) is 48.5 Å². The van der Waals surface area contributed by atoms with Crippen LogP contribution in [0.25, 0.3) is 0 Å². The van der Waals surface area contributed by atoms with Crippen LogP contribution in [0.3, 0.4) is 0 Å². The smallest absolute Gasteiger partial charge is 0.341 e. The monoisotopic (exact) mass is 450 g/mol. The van der Waals surface area contributed by atoms with E-state index in [0.717, 1.165) is 62.0 Å². The van der Waals surface area contributed by atoms with Crippen LogP contribution in [0.1, 0.15) is 42.4 Å². The van der Waals surface area contributed by atoms with Crippen LogP contribution >= 0.6 is 11.6 Å². The summed E-state index contributed by atoms with van der Waals surface area (Å²) in [4.78, 5) is 17.3. The lowest BCUT2D eigenvalue weighted by Gasteiger charge is -2.46. The number of likely N-dealkylation sites (tertiary alicyclic amines) is 2. The van der Waals surface area contributed by atoms with Crippen LogP contribution in [-0.2, 0) is 23.9 Å². The normalized spacial score (nSPS) is 22.3. The molecule has 0 radical (unpaired) electrons. The molecule has 1 amide bonds. The number of amides is 1. The Hall–Kier alpha value is -2.05. The van der Waals surface area contributed by atoms with E-state index in [9.17, 15) is 18.0 Å². The molecule has 166 valence electrons. The average molecular weight is 451 g/mol. The molecule has 4 rings (SSSR count). The third-order valence-electron chi connectivity index (χ3n) is 6.57. The zero-order valence-electron chi connectivity index (χ0n) is 17.3. The first kappa shape index (κ1) is 22.2. The van der Waals surface area contributed by atoms with Crippen molar-refractivity contribution in [2.75, 3.05) is 19.6 Å². The summed E-state index contributed by atoms with van der Waals surface area (Å²) >= 11 is 5.94. The van der Waals surface area contributed by atoms with Gasteiger partial charge in [0.15, 0.2) is 0 Å². The van der Waals surface area contributed by atoms with E-state index in [4.69, 9.17) is 11.6 Å². The highest BCUT2D eigenvalue weighted by Crippen LogP contribution is 2.38. The third kappa shape index (κ3) is 5.07. The van der Waals surface area contributed by atoms with Crippen LogP contribution in [0.5, 0.6) is 0 Å². The predicted molar refractivity (Wildman–Crippen MR) is 115 cm³/mol. The van der Waals surface area contributed by atoms with Crippen LogP contribution < -0.4 is 0 Å². The van der Waals surface area contributed by atoms with Gasteiger partial charge in [-0.3, -0.25) is 9.69 Å². The number of halogens is 4. The van der Waals surface area contributed by atoms with Gasteiger partial charge in [-0.15, -0.1) is 0 Å². The summed E-state index contributed by atoms with van der Waals surface area (Å²) < 4.78 is 38.6. The molecule has 0 saturated carbocycles. The van der Waals surface area contributed by atoms with Crippen molar-refractivity contribution in [2.24, 2.45) is 0 Å². The number of piperidine rings is 1. The van der Waals surface area contributed by atoms with Gasteiger partial charge in [0.1, 0.15) is 0 Å². The molecule has 2 aliphatic heterocycles. The molecule has 2 saturated heterocycles. The number of benzene rings is 2. The van der Waals surface area contributed by atoms with Crippen LogP contribution in [0, 0.1) is 0 Å². The van der Waals surface area contributed by atoms with Crippen LogP contribution in [0.2, 0.25) is 5.02 Å². The van der Waals surface area contributed by atoms with Crippen molar-refractivity contribution in [3.05, 3.63) is 70.2 Å². The van der Waals surface area contributed by atoms with Gasteiger partial charge in [0.2, 0.25) is 5.91 Å². The highest BCUT2D eigenvalue weighted by Gasteiger charge is 2.44. The van der Waals surface area contributed by atoms with Gasteiger partial charge >= 0.3 is 6.18 Å². The molecule has 2 aromatic rings. The Morgan fingerprint density at radius 2 is 1.55 bits per heavy atom. The highest BCUT2D eigenvalue weighted by molar-refractivity contribution is 6.30. The minimum atomic E-state index is -4.32. The van der Waals surface area contributed by atoms with Crippen molar-refractivity contribution in [3.8, 4) is 0 Å². The lowest BCUT2D eigenvalue weighted by atomic mass is 9.85. The Morgan fingerprint density at radius 1 is 0.935 bits per heavy atom. The molecule has 1 atom stereocenters. The Bertz CT molecular complexity index is 914. The van der Waals surface area contributed by atoms with E-state index >= 15 is 0 Å². The van der Waals surface area contributed by atoms with Crippen molar-refractivity contribution in [3.63, 3.8) is 0 Å². The topological polar surface area (TPSA) is 23.6 Å². The van der Waals surface area contributed by atoms with Gasteiger partial charge in [-0.05, 0) is 67.6 Å². The van der Waals surface area contributed by atoms with Crippen molar-refractivity contribution < 1.29 is 18.0 Å². The third-order valence-corrected chi connectivity index (χ3v) is 6.82. The summed E-state index contributed by atoms with van der Waals surface area (Å²) in [6, 6.07) is 12.8. The Balaban J connectivity index is 1.43. The lowest BCUT2D eigenvalue weighted by molar-refractivity contribution is -0.137. The fourth-order valence-corrected chi connectivity index (χ4v) is 5.06. The molecule has 2 heterocycles. The van der Waals surface area contributed by atoms with Gasteiger partial charge in [-0.1, -0.05) is 35.9 Å². The largest absolute Gasteiger partial charge is 0.416 e. The molecule has 2 aliphatic rings. The summed E-state index contributed by atoms with van der Waals surface area (Å²) in [6.45, 7) is 2.94. The number of carbonyl (C=O) groups is 1. The molecule has 0 aliphatic carbocycles. The van der Waals surface area contributed by atoms with Gasteiger partial charge in [-0.25, -0.2) is 0 Å². The summed E-state index contributed by atoms with van der Waals surface area (Å²) in [5.74, 6) is 0.114. The summed E-state index contributed by atoms with van der Waals surface area (Å²) in [5.41, 5.74) is 1.11. The number of hydrogen-bond acceptors (Lipinski definition) is 2. The van der Waals surface area contributed by atoms with Crippen LogP contribution in [0.4, 0.5) is 13.2 Å². The van der Waals surface area contributed by atoms with Gasteiger partial charge in [-0.2, -0.15) is 13.2 Å². The molecule has 0 N–H and O–H groups in total. The predicted octanol–water partition coefficient (Wildman–Crippen LogP) is 5.56. The van der Waals surface area contributed by atoms with Crippen molar-refractivity contribution >= 4 is 17.5 Å². The van der Waals surface area contributed by atoms with Gasteiger partial charge in [0.25, 0.3) is 0 Å². The molecule has 0 unspecified atom stereocenters. The summed E-state index contributed by atoms with van der Waals surface area (Å²) in [7, 11) is 0. The van der Waals surface area contributed by atoms with E-state index in [-0.39, 0.29) is 11.4 Å².